The summed E-state index contributed by atoms with van der Waals surface area (Å²) in [5.41, 5.74) is 6.12. The first-order valence-electron chi connectivity index (χ1n) is 6.40. The van der Waals surface area contributed by atoms with Crippen molar-refractivity contribution in [3.63, 3.8) is 0 Å². The van der Waals surface area contributed by atoms with Crippen molar-refractivity contribution in [1.82, 2.24) is 4.90 Å². The van der Waals surface area contributed by atoms with Crippen LogP contribution in [-0.4, -0.2) is 40.1 Å². The largest absolute Gasteiger partial charge is 0.328 e. The lowest BCUT2D eigenvalue weighted by Crippen LogP contribution is -2.53. The molecule has 3 heteroatoms. The van der Waals surface area contributed by atoms with Gasteiger partial charge >= 0.3 is 0 Å². The van der Waals surface area contributed by atoms with Crippen LogP contribution in [0.25, 0.3) is 0 Å². The quantitative estimate of drug-likeness (QED) is 0.740. The molecule has 3 saturated heterocycles. The number of hydrogen-bond donors (Lipinski definition) is 1. The molecule has 0 aromatic heterocycles. The molecular weight excluding hydrogens is 204 g/mol. The van der Waals surface area contributed by atoms with Gasteiger partial charge in [0.25, 0.3) is 0 Å². The Morgan fingerprint density at radius 2 is 1.80 bits per heavy atom. The minimum Gasteiger partial charge on any atom is -0.328 e. The van der Waals surface area contributed by atoms with Crippen LogP contribution in [0.2, 0.25) is 0 Å². The first kappa shape index (κ1) is 10.4. The summed E-state index contributed by atoms with van der Waals surface area (Å²) in [7, 11) is 0. The molecule has 0 radical (unpaired) electrons. The Bertz CT molecular complexity index is 232. The first-order chi connectivity index (χ1) is 7.25. The van der Waals surface area contributed by atoms with Gasteiger partial charge in [-0.25, -0.2) is 0 Å². The van der Waals surface area contributed by atoms with Crippen molar-refractivity contribution in [3.05, 3.63) is 0 Å². The van der Waals surface area contributed by atoms with E-state index in [1.807, 2.05) is 0 Å². The Hall–Kier alpha value is 0.270. The number of rotatable bonds is 1. The molecule has 0 spiro atoms. The van der Waals surface area contributed by atoms with Crippen LogP contribution >= 0.6 is 11.8 Å². The molecule has 86 valence electrons. The third kappa shape index (κ3) is 1.73. The maximum atomic E-state index is 6.12. The molecule has 3 aliphatic heterocycles. The fourth-order valence-electron chi connectivity index (χ4n) is 3.91. The number of thioether (sulfide) groups is 1. The zero-order chi connectivity index (χ0) is 10.4. The second-order valence-corrected chi connectivity index (χ2v) is 6.98. The zero-order valence-corrected chi connectivity index (χ0v) is 10.4. The Kier molecular flexibility index (Phi) is 2.74. The Morgan fingerprint density at radius 1 is 1.13 bits per heavy atom. The molecule has 3 rings (SSSR count). The van der Waals surface area contributed by atoms with Gasteiger partial charge in [0, 0.05) is 29.4 Å². The van der Waals surface area contributed by atoms with Crippen LogP contribution in [-0.2, 0) is 0 Å². The maximum Gasteiger partial charge on any atom is 0.0225 e. The van der Waals surface area contributed by atoms with Gasteiger partial charge in [-0.2, -0.15) is 11.8 Å². The minimum atomic E-state index is 0.489. The average Bonchev–Trinajstić information content (AvgIpc) is 2.69. The molecule has 4 unspecified atom stereocenters. The van der Waals surface area contributed by atoms with Crippen molar-refractivity contribution >= 4 is 11.8 Å². The van der Waals surface area contributed by atoms with E-state index in [4.69, 9.17) is 5.73 Å². The summed E-state index contributed by atoms with van der Waals surface area (Å²) in [6, 6.07) is 3.00. The zero-order valence-electron chi connectivity index (χ0n) is 9.56. The fourth-order valence-corrected chi connectivity index (χ4v) is 5.16. The highest BCUT2D eigenvalue weighted by atomic mass is 32.2. The van der Waals surface area contributed by atoms with Crippen molar-refractivity contribution in [1.29, 1.82) is 0 Å². The summed E-state index contributed by atoms with van der Waals surface area (Å²) in [5.74, 6) is 1.37. The van der Waals surface area contributed by atoms with E-state index in [-0.39, 0.29) is 0 Å². The molecule has 0 aliphatic carbocycles. The number of nitrogens with two attached hydrogens (primary N) is 1. The second kappa shape index (κ2) is 3.94. The highest BCUT2D eigenvalue weighted by Gasteiger charge is 2.45. The van der Waals surface area contributed by atoms with Crippen molar-refractivity contribution < 1.29 is 0 Å². The SMILES string of the molecule is CC1SCCC1N1C2CCC1CC(N)C2. The maximum absolute atomic E-state index is 6.12. The molecule has 0 aromatic carbocycles. The van der Waals surface area contributed by atoms with Crippen molar-refractivity contribution in [2.75, 3.05) is 5.75 Å². The highest BCUT2D eigenvalue weighted by molar-refractivity contribution is 8.00. The summed E-state index contributed by atoms with van der Waals surface area (Å²) in [6.07, 6.45) is 6.74. The van der Waals surface area contributed by atoms with Gasteiger partial charge in [0.15, 0.2) is 0 Å². The number of piperidine rings is 1. The smallest absolute Gasteiger partial charge is 0.0225 e. The fraction of sp³-hybridized carbons (Fsp3) is 1.00. The number of nitrogens with zero attached hydrogens (tertiary/aromatic N) is 1. The molecule has 2 nitrogen and oxygen atoms in total. The molecule has 2 N–H and O–H groups in total. The molecule has 0 saturated carbocycles. The van der Waals surface area contributed by atoms with Crippen molar-refractivity contribution in [2.24, 2.45) is 5.73 Å². The minimum absolute atomic E-state index is 0.489. The molecule has 4 atom stereocenters. The average molecular weight is 226 g/mol. The molecule has 15 heavy (non-hydrogen) atoms. The van der Waals surface area contributed by atoms with Crippen LogP contribution in [0.5, 0.6) is 0 Å². The van der Waals surface area contributed by atoms with E-state index in [1.165, 1.54) is 37.9 Å². The van der Waals surface area contributed by atoms with Crippen LogP contribution < -0.4 is 5.73 Å². The van der Waals surface area contributed by atoms with E-state index in [9.17, 15) is 0 Å². The predicted octanol–water partition coefficient (Wildman–Crippen LogP) is 1.83. The van der Waals surface area contributed by atoms with Gasteiger partial charge in [-0.3, -0.25) is 4.90 Å². The summed E-state index contributed by atoms with van der Waals surface area (Å²) in [4.78, 5) is 2.86. The third-order valence-electron chi connectivity index (χ3n) is 4.55. The Balaban J connectivity index is 1.76. The van der Waals surface area contributed by atoms with Gasteiger partial charge in [0.05, 0.1) is 0 Å². The van der Waals surface area contributed by atoms with Crippen LogP contribution in [0.15, 0.2) is 0 Å². The summed E-state index contributed by atoms with van der Waals surface area (Å²) < 4.78 is 0. The van der Waals surface area contributed by atoms with Crippen LogP contribution in [0.4, 0.5) is 0 Å². The molecule has 0 amide bonds. The van der Waals surface area contributed by atoms with Crippen LogP contribution in [0, 0.1) is 0 Å². The normalized spacial score (nSPS) is 51.2. The number of fused-ring (bicyclic) bond motifs is 2. The van der Waals surface area contributed by atoms with Crippen LogP contribution in [0.1, 0.15) is 39.0 Å². The lowest BCUT2D eigenvalue weighted by atomic mass is 9.94. The molecule has 3 aliphatic rings. The lowest BCUT2D eigenvalue weighted by Gasteiger charge is -2.42. The van der Waals surface area contributed by atoms with E-state index >= 15 is 0 Å². The predicted molar refractivity (Wildman–Crippen MR) is 66.2 cm³/mol. The lowest BCUT2D eigenvalue weighted by molar-refractivity contribution is 0.0792. The van der Waals surface area contributed by atoms with Gasteiger partial charge in [0.1, 0.15) is 0 Å². The Morgan fingerprint density at radius 3 is 2.33 bits per heavy atom. The van der Waals surface area contributed by atoms with E-state index < -0.39 is 0 Å². The monoisotopic (exact) mass is 226 g/mol. The van der Waals surface area contributed by atoms with Crippen LogP contribution in [0.3, 0.4) is 0 Å². The summed E-state index contributed by atoms with van der Waals surface area (Å²) >= 11 is 2.16. The van der Waals surface area contributed by atoms with E-state index in [0.29, 0.717) is 6.04 Å². The topological polar surface area (TPSA) is 29.3 Å². The number of hydrogen-bond acceptors (Lipinski definition) is 3. The van der Waals surface area contributed by atoms with Gasteiger partial charge in [0.2, 0.25) is 0 Å². The van der Waals surface area contributed by atoms with Gasteiger partial charge < -0.3 is 5.73 Å². The van der Waals surface area contributed by atoms with E-state index in [2.05, 4.69) is 23.6 Å². The standard InChI is InChI=1S/C12H22N2S/c1-8-12(4-5-15-8)14-10-2-3-11(14)7-9(13)6-10/h8-12H,2-7,13H2,1H3. The van der Waals surface area contributed by atoms with E-state index in [1.54, 1.807) is 0 Å². The summed E-state index contributed by atoms with van der Waals surface area (Å²) in [5, 5.41) is 0.849. The van der Waals surface area contributed by atoms with Gasteiger partial charge in [-0.15, -0.1) is 0 Å². The molecular formula is C12H22N2S. The molecule has 3 heterocycles. The first-order valence-corrected chi connectivity index (χ1v) is 7.45. The molecule has 3 fully saturated rings. The van der Waals surface area contributed by atoms with Gasteiger partial charge in [-0.1, -0.05) is 6.92 Å². The second-order valence-electron chi connectivity index (χ2n) is 5.50. The molecule has 2 bridgehead atoms. The highest BCUT2D eigenvalue weighted by Crippen LogP contribution is 2.42. The Labute approximate surface area is 97.0 Å². The third-order valence-corrected chi connectivity index (χ3v) is 5.86. The summed E-state index contributed by atoms with van der Waals surface area (Å²) in [6.45, 7) is 2.41. The van der Waals surface area contributed by atoms with Crippen molar-refractivity contribution in [3.8, 4) is 0 Å². The van der Waals surface area contributed by atoms with Crippen molar-refractivity contribution in [2.45, 2.75) is 68.4 Å². The van der Waals surface area contributed by atoms with Gasteiger partial charge in [-0.05, 0) is 37.9 Å². The molecule has 0 aromatic rings. The van der Waals surface area contributed by atoms with E-state index in [0.717, 1.165) is 23.4 Å².